The van der Waals surface area contributed by atoms with Crippen molar-refractivity contribution >= 4 is 34.8 Å². The molecule has 0 aliphatic heterocycles. The molecular formula is C19H20ClF3N3O2+. The highest BCUT2D eigenvalue weighted by Crippen LogP contribution is 2.34. The first-order valence-corrected chi connectivity index (χ1v) is 8.80. The van der Waals surface area contributed by atoms with Gasteiger partial charge in [-0.05, 0) is 37.3 Å². The third-order valence-corrected chi connectivity index (χ3v) is 4.41. The highest BCUT2D eigenvalue weighted by atomic mass is 35.5. The summed E-state index contributed by atoms with van der Waals surface area (Å²) in [7, 11) is 1.61. The number of para-hydroxylation sites is 1. The van der Waals surface area contributed by atoms with Gasteiger partial charge in [-0.3, -0.25) is 9.59 Å². The number of halogens is 4. The van der Waals surface area contributed by atoms with Crippen LogP contribution in [-0.2, 0) is 15.8 Å². The third-order valence-electron chi connectivity index (χ3n) is 4.17. The number of hydrogen-bond acceptors (Lipinski definition) is 2. The van der Waals surface area contributed by atoms with E-state index in [-0.39, 0.29) is 18.1 Å². The molecule has 5 nitrogen and oxygen atoms in total. The summed E-state index contributed by atoms with van der Waals surface area (Å²) in [4.78, 5) is 25.0. The fourth-order valence-electron chi connectivity index (χ4n) is 2.48. The summed E-state index contributed by atoms with van der Waals surface area (Å²) in [6.07, 6.45) is -4.58. The maximum absolute atomic E-state index is 13.0. The number of alkyl halides is 3. The minimum absolute atomic E-state index is 0.184. The normalized spacial score (nSPS) is 13.5. The van der Waals surface area contributed by atoms with E-state index in [4.69, 9.17) is 11.6 Å². The summed E-state index contributed by atoms with van der Waals surface area (Å²) >= 11 is 5.87. The number of carbonyl (C=O) groups excluding carboxylic acids is 2. The Labute approximate surface area is 165 Å². The topological polar surface area (TPSA) is 62.6 Å². The lowest BCUT2D eigenvalue weighted by molar-refractivity contribution is -0.885. The molecule has 0 aliphatic rings. The van der Waals surface area contributed by atoms with Crippen molar-refractivity contribution in [2.45, 2.75) is 19.1 Å². The van der Waals surface area contributed by atoms with Crippen LogP contribution in [0.1, 0.15) is 12.5 Å². The van der Waals surface area contributed by atoms with Crippen molar-refractivity contribution in [1.82, 2.24) is 0 Å². The minimum atomic E-state index is -4.58. The standard InChI is InChI=1S/C19H19ClF3N3O2/c1-12(18(28)24-14-7-5-6-13(20)10-14)26(2)11-17(27)25-16-9-4-3-8-15(16)19(21,22)23/h3-10,12H,11H2,1-2H3,(H,24,28)(H,25,27)/p+1/t12-/m0/s1. The molecule has 0 aromatic heterocycles. The van der Waals surface area contributed by atoms with Gasteiger partial charge in [-0.15, -0.1) is 0 Å². The van der Waals surface area contributed by atoms with E-state index in [9.17, 15) is 22.8 Å². The zero-order chi connectivity index (χ0) is 20.9. The number of likely N-dealkylation sites (N-methyl/N-ethyl adjacent to an activating group) is 1. The predicted octanol–water partition coefficient (Wildman–Crippen LogP) is 2.84. The number of amides is 2. The van der Waals surface area contributed by atoms with E-state index < -0.39 is 23.7 Å². The van der Waals surface area contributed by atoms with E-state index >= 15 is 0 Å². The van der Waals surface area contributed by atoms with Gasteiger partial charge in [0.2, 0.25) is 0 Å². The summed E-state index contributed by atoms with van der Waals surface area (Å²) in [5.41, 5.74) is -0.725. The summed E-state index contributed by atoms with van der Waals surface area (Å²) in [6.45, 7) is 1.43. The number of quaternary nitrogens is 1. The molecule has 0 spiro atoms. The molecule has 2 atom stereocenters. The lowest BCUT2D eigenvalue weighted by atomic mass is 10.1. The van der Waals surface area contributed by atoms with Crippen molar-refractivity contribution < 1.29 is 27.7 Å². The fourth-order valence-corrected chi connectivity index (χ4v) is 2.67. The lowest BCUT2D eigenvalue weighted by Crippen LogP contribution is -3.14. The molecule has 2 rings (SSSR count). The zero-order valence-electron chi connectivity index (χ0n) is 15.2. The quantitative estimate of drug-likeness (QED) is 0.680. The van der Waals surface area contributed by atoms with Crippen LogP contribution < -0.4 is 15.5 Å². The summed E-state index contributed by atoms with van der Waals surface area (Å²) in [5, 5.41) is 5.43. The Bertz CT molecular complexity index is 858. The van der Waals surface area contributed by atoms with Crippen LogP contribution in [-0.4, -0.2) is 31.4 Å². The molecule has 0 saturated heterocycles. The number of benzene rings is 2. The Morgan fingerprint density at radius 2 is 1.79 bits per heavy atom. The van der Waals surface area contributed by atoms with Gasteiger partial charge in [0.25, 0.3) is 11.8 Å². The van der Waals surface area contributed by atoms with Crippen molar-refractivity contribution in [3.63, 3.8) is 0 Å². The van der Waals surface area contributed by atoms with Gasteiger partial charge in [0, 0.05) is 10.7 Å². The monoisotopic (exact) mass is 414 g/mol. The molecule has 28 heavy (non-hydrogen) atoms. The van der Waals surface area contributed by atoms with Gasteiger partial charge in [-0.2, -0.15) is 13.2 Å². The first kappa shape index (κ1) is 21.7. The van der Waals surface area contributed by atoms with Crippen molar-refractivity contribution in [3.05, 3.63) is 59.1 Å². The second-order valence-corrected chi connectivity index (χ2v) is 6.77. The summed E-state index contributed by atoms with van der Waals surface area (Å²) < 4.78 is 39.0. The Balaban J connectivity index is 1.97. The van der Waals surface area contributed by atoms with Gasteiger partial charge in [0.1, 0.15) is 0 Å². The maximum Gasteiger partial charge on any atom is 0.418 e. The molecular weight excluding hydrogens is 395 g/mol. The molecule has 0 fully saturated rings. The van der Waals surface area contributed by atoms with E-state index in [0.29, 0.717) is 15.6 Å². The molecule has 150 valence electrons. The van der Waals surface area contributed by atoms with Gasteiger partial charge in [-0.25, -0.2) is 0 Å². The van der Waals surface area contributed by atoms with Crippen LogP contribution >= 0.6 is 11.6 Å². The van der Waals surface area contributed by atoms with Crippen LogP contribution in [0.15, 0.2) is 48.5 Å². The summed E-state index contributed by atoms with van der Waals surface area (Å²) in [5.74, 6) is -0.972. The lowest BCUT2D eigenvalue weighted by Gasteiger charge is -2.21. The van der Waals surface area contributed by atoms with Crippen LogP contribution in [0, 0.1) is 0 Å². The van der Waals surface area contributed by atoms with Crippen LogP contribution in [0.4, 0.5) is 24.5 Å². The molecule has 1 unspecified atom stereocenters. The molecule has 3 N–H and O–H groups in total. The van der Waals surface area contributed by atoms with Crippen molar-refractivity contribution in [3.8, 4) is 0 Å². The Morgan fingerprint density at radius 1 is 1.11 bits per heavy atom. The highest BCUT2D eigenvalue weighted by molar-refractivity contribution is 6.30. The molecule has 0 radical (unpaired) electrons. The van der Waals surface area contributed by atoms with Crippen LogP contribution in [0.3, 0.4) is 0 Å². The zero-order valence-corrected chi connectivity index (χ0v) is 16.0. The molecule has 2 amide bonds. The average molecular weight is 415 g/mol. The van der Waals surface area contributed by atoms with Crippen LogP contribution in [0.25, 0.3) is 0 Å². The van der Waals surface area contributed by atoms with E-state index in [0.717, 1.165) is 6.07 Å². The first-order chi connectivity index (χ1) is 13.1. The van der Waals surface area contributed by atoms with Crippen molar-refractivity contribution in [1.29, 1.82) is 0 Å². The number of anilines is 2. The van der Waals surface area contributed by atoms with E-state index in [1.807, 2.05) is 0 Å². The average Bonchev–Trinajstić information content (AvgIpc) is 2.60. The smallest absolute Gasteiger partial charge is 0.321 e. The summed E-state index contributed by atoms with van der Waals surface area (Å²) in [6, 6.07) is 10.7. The SMILES string of the molecule is C[C@@H](C(=O)Nc1cccc(Cl)c1)[NH+](C)CC(=O)Nc1ccccc1C(F)(F)F. The van der Waals surface area contributed by atoms with E-state index in [1.165, 1.54) is 18.2 Å². The second kappa shape index (κ2) is 9.07. The fraction of sp³-hybridized carbons (Fsp3) is 0.263. The number of nitrogens with one attached hydrogen (secondary N) is 3. The number of rotatable bonds is 6. The molecule has 0 bridgehead atoms. The molecule has 0 aliphatic carbocycles. The van der Waals surface area contributed by atoms with Crippen LogP contribution in [0.2, 0.25) is 5.02 Å². The van der Waals surface area contributed by atoms with Gasteiger partial charge >= 0.3 is 6.18 Å². The predicted molar refractivity (Wildman–Crippen MR) is 101 cm³/mol. The van der Waals surface area contributed by atoms with Crippen LogP contribution in [0.5, 0.6) is 0 Å². The highest BCUT2D eigenvalue weighted by Gasteiger charge is 2.34. The van der Waals surface area contributed by atoms with Gasteiger partial charge in [-0.1, -0.05) is 29.8 Å². The largest absolute Gasteiger partial charge is 0.418 e. The molecule has 2 aromatic carbocycles. The Morgan fingerprint density at radius 3 is 2.43 bits per heavy atom. The Hall–Kier alpha value is -2.58. The third kappa shape index (κ3) is 5.97. The van der Waals surface area contributed by atoms with Crippen molar-refractivity contribution in [2.75, 3.05) is 24.2 Å². The van der Waals surface area contributed by atoms with E-state index in [1.54, 1.807) is 38.2 Å². The second-order valence-electron chi connectivity index (χ2n) is 6.34. The van der Waals surface area contributed by atoms with Gasteiger partial charge in [0.15, 0.2) is 12.6 Å². The number of hydrogen-bond donors (Lipinski definition) is 3. The molecule has 0 saturated carbocycles. The Kier molecular flexibility index (Phi) is 7.04. The number of carbonyl (C=O) groups is 2. The van der Waals surface area contributed by atoms with Gasteiger partial charge in [0.05, 0.1) is 18.3 Å². The maximum atomic E-state index is 13.0. The minimum Gasteiger partial charge on any atom is -0.321 e. The van der Waals surface area contributed by atoms with Gasteiger partial charge < -0.3 is 15.5 Å². The molecule has 0 heterocycles. The molecule has 2 aromatic rings. The van der Waals surface area contributed by atoms with Crippen molar-refractivity contribution in [2.24, 2.45) is 0 Å². The first-order valence-electron chi connectivity index (χ1n) is 8.42. The van der Waals surface area contributed by atoms with E-state index in [2.05, 4.69) is 10.6 Å². The molecule has 9 heteroatoms.